The molecule has 27 heavy (non-hydrogen) atoms. The fourth-order valence-electron chi connectivity index (χ4n) is 2.31. The molecule has 8 heteroatoms. The highest BCUT2D eigenvalue weighted by Gasteiger charge is 2.15. The lowest BCUT2D eigenvalue weighted by Gasteiger charge is -2.09. The van der Waals surface area contributed by atoms with E-state index in [1.165, 1.54) is 22.5 Å². The zero-order chi connectivity index (χ0) is 19.2. The largest absolute Gasteiger partial charge is 0.497 e. The smallest absolute Gasteiger partial charge is 0.266 e. The molecule has 7 nitrogen and oxygen atoms in total. The van der Waals surface area contributed by atoms with Crippen LogP contribution in [-0.2, 0) is 12.8 Å². The van der Waals surface area contributed by atoms with Crippen LogP contribution in [-0.4, -0.2) is 27.6 Å². The van der Waals surface area contributed by atoms with E-state index < -0.39 is 11.5 Å². The number of carbonyl (C=O) groups excluding carboxylic acids is 1. The quantitative estimate of drug-likeness (QED) is 0.521. The van der Waals surface area contributed by atoms with Crippen molar-refractivity contribution in [2.45, 2.75) is 10.9 Å². The zero-order valence-electron chi connectivity index (χ0n) is 14.9. The van der Waals surface area contributed by atoms with Crippen molar-refractivity contribution in [3.8, 4) is 5.75 Å². The molecule has 0 unspecified atom stereocenters. The molecule has 0 spiro atoms. The lowest BCUT2D eigenvalue weighted by molar-refractivity contribution is 0.102. The summed E-state index contributed by atoms with van der Waals surface area (Å²) >= 11 is 1.39. The lowest BCUT2D eigenvalue weighted by Crippen LogP contribution is -2.29. The van der Waals surface area contributed by atoms with Crippen molar-refractivity contribution in [3.05, 3.63) is 76.5 Å². The maximum absolute atomic E-state index is 12.5. The Morgan fingerprint density at radius 1 is 1.19 bits per heavy atom. The lowest BCUT2D eigenvalue weighted by atomic mass is 10.2. The summed E-state index contributed by atoms with van der Waals surface area (Å²) in [5, 5.41) is 3.21. The third-order valence-electron chi connectivity index (χ3n) is 3.79. The van der Waals surface area contributed by atoms with Gasteiger partial charge in [0, 0.05) is 30.9 Å². The molecule has 0 aliphatic carbocycles. The molecule has 1 N–H and O–H groups in total. The van der Waals surface area contributed by atoms with Crippen molar-refractivity contribution in [3.63, 3.8) is 0 Å². The minimum Gasteiger partial charge on any atom is -0.497 e. The second-order valence-electron chi connectivity index (χ2n) is 5.61. The summed E-state index contributed by atoms with van der Waals surface area (Å²) in [6, 6.07) is 12.5. The number of benzene rings is 1. The van der Waals surface area contributed by atoms with Gasteiger partial charge in [0.25, 0.3) is 11.5 Å². The average molecular weight is 382 g/mol. The molecule has 0 aliphatic rings. The summed E-state index contributed by atoms with van der Waals surface area (Å²) in [4.78, 5) is 33.5. The summed E-state index contributed by atoms with van der Waals surface area (Å²) in [6.45, 7) is 0. The maximum Gasteiger partial charge on any atom is 0.266 e. The number of nitrogens with zero attached hydrogens (tertiary/aromatic N) is 3. The monoisotopic (exact) mass is 382 g/mol. The number of pyridine rings is 1. The van der Waals surface area contributed by atoms with Gasteiger partial charge >= 0.3 is 0 Å². The molecule has 0 fully saturated rings. The van der Waals surface area contributed by atoms with Crippen LogP contribution in [0.25, 0.3) is 0 Å². The number of ether oxygens (including phenoxy) is 1. The van der Waals surface area contributed by atoms with E-state index in [9.17, 15) is 9.59 Å². The first-order chi connectivity index (χ1) is 13.1. The second-order valence-corrected chi connectivity index (χ2v) is 6.55. The van der Waals surface area contributed by atoms with Gasteiger partial charge in [0.05, 0.1) is 12.8 Å². The summed E-state index contributed by atoms with van der Waals surface area (Å²) in [6.07, 6.45) is 3.02. The highest BCUT2D eigenvalue weighted by molar-refractivity contribution is 7.98. The standard InChI is InChI=1S/C19H18N4O3S/c1-23-18(25)16(17(24)22-13-6-8-15(26-2)9-7-13)11-21-19(23)27-12-14-5-3-4-10-20-14/h3-11H,12H2,1-2H3,(H,22,24). The molecule has 1 aromatic carbocycles. The van der Waals surface area contributed by atoms with Crippen molar-refractivity contribution in [2.24, 2.45) is 7.05 Å². The van der Waals surface area contributed by atoms with Gasteiger partial charge < -0.3 is 10.1 Å². The molecular weight excluding hydrogens is 364 g/mol. The first-order valence-corrected chi connectivity index (χ1v) is 9.11. The zero-order valence-corrected chi connectivity index (χ0v) is 15.7. The van der Waals surface area contributed by atoms with E-state index in [0.29, 0.717) is 22.3 Å². The number of methoxy groups -OCH3 is 1. The Labute approximate surface area is 160 Å². The second kappa shape index (κ2) is 8.50. The number of aromatic nitrogens is 3. The van der Waals surface area contributed by atoms with Gasteiger partial charge in [-0.25, -0.2) is 4.98 Å². The predicted octanol–water partition coefficient (Wildman–Crippen LogP) is 2.73. The molecule has 1 amide bonds. The minimum absolute atomic E-state index is 0.0181. The van der Waals surface area contributed by atoms with Crippen LogP contribution in [0, 0.1) is 0 Å². The van der Waals surface area contributed by atoms with Gasteiger partial charge in [0.1, 0.15) is 11.3 Å². The Morgan fingerprint density at radius 2 is 1.96 bits per heavy atom. The molecule has 0 aliphatic heterocycles. The van der Waals surface area contributed by atoms with Crippen LogP contribution in [0.2, 0.25) is 0 Å². The molecule has 3 rings (SSSR count). The van der Waals surface area contributed by atoms with Crippen LogP contribution in [0.15, 0.2) is 64.8 Å². The van der Waals surface area contributed by atoms with Gasteiger partial charge in [-0.1, -0.05) is 17.8 Å². The molecule has 3 aromatic rings. The minimum atomic E-state index is -0.505. The number of thioether (sulfide) groups is 1. The molecular formula is C19H18N4O3S. The highest BCUT2D eigenvalue weighted by Crippen LogP contribution is 2.19. The first kappa shape index (κ1) is 18.7. The van der Waals surface area contributed by atoms with Crippen molar-refractivity contribution >= 4 is 23.4 Å². The molecule has 0 saturated heterocycles. The van der Waals surface area contributed by atoms with Gasteiger partial charge in [-0.3, -0.25) is 19.1 Å². The molecule has 0 saturated carbocycles. The molecule has 2 aromatic heterocycles. The Kier molecular flexibility index (Phi) is 5.87. The number of hydrogen-bond acceptors (Lipinski definition) is 6. The highest BCUT2D eigenvalue weighted by atomic mass is 32.2. The van der Waals surface area contributed by atoms with E-state index in [1.807, 2.05) is 18.2 Å². The molecule has 0 atom stereocenters. The molecule has 0 bridgehead atoms. The van der Waals surface area contributed by atoms with Crippen LogP contribution in [0.5, 0.6) is 5.75 Å². The van der Waals surface area contributed by atoms with Crippen molar-refractivity contribution in [1.29, 1.82) is 0 Å². The predicted molar refractivity (Wildman–Crippen MR) is 104 cm³/mol. The van der Waals surface area contributed by atoms with Gasteiger partial charge in [0.2, 0.25) is 0 Å². The number of anilines is 1. The van der Waals surface area contributed by atoms with Crippen molar-refractivity contribution in [1.82, 2.24) is 14.5 Å². The number of nitrogens with one attached hydrogen (secondary N) is 1. The van der Waals surface area contributed by atoms with Gasteiger partial charge in [-0.2, -0.15) is 0 Å². The third-order valence-corrected chi connectivity index (χ3v) is 4.87. The number of carbonyl (C=O) groups is 1. The number of rotatable bonds is 6. The SMILES string of the molecule is COc1ccc(NC(=O)c2cnc(SCc3ccccn3)n(C)c2=O)cc1. The maximum atomic E-state index is 12.5. The summed E-state index contributed by atoms with van der Waals surface area (Å²) < 4.78 is 6.45. The summed E-state index contributed by atoms with van der Waals surface area (Å²) in [5.74, 6) is 0.757. The number of amides is 1. The van der Waals surface area contributed by atoms with E-state index in [1.54, 1.807) is 44.6 Å². The van der Waals surface area contributed by atoms with Crippen LogP contribution in [0.3, 0.4) is 0 Å². The molecule has 0 radical (unpaired) electrons. The van der Waals surface area contributed by atoms with Crippen molar-refractivity contribution < 1.29 is 9.53 Å². The summed E-state index contributed by atoms with van der Waals surface area (Å²) in [5.41, 5.74) is 1.03. The van der Waals surface area contributed by atoms with E-state index >= 15 is 0 Å². The van der Waals surface area contributed by atoms with Crippen LogP contribution < -0.4 is 15.6 Å². The Bertz CT molecular complexity index is 988. The van der Waals surface area contributed by atoms with Crippen LogP contribution in [0.4, 0.5) is 5.69 Å². The topological polar surface area (TPSA) is 86.1 Å². The summed E-state index contributed by atoms with van der Waals surface area (Å²) in [7, 11) is 3.16. The van der Waals surface area contributed by atoms with Crippen LogP contribution >= 0.6 is 11.8 Å². The normalized spacial score (nSPS) is 10.4. The fourth-order valence-corrected chi connectivity index (χ4v) is 3.17. The van der Waals surface area contributed by atoms with Crippen molar-refractivity contribution in [2.75, 3.05) is 12.4 Å². The van der Waals surface area contributed by atoms with E-state index in [0.717, 1.165) is 5.69 Å². The van der Waals surface area contributed by atoms with Crippen LogP contribution in [0.1, 0.15) is 16.1 Å². The van der Waals surface area contributed by atoms with Gasteiger partial charge in [-0.15, -0.1) is 0 Å². The van der Waals surface area contributed by atoms with E-state index in [2.05, 4.69) is 15.3 Å². The Balaban J connectivity index is 1.73. The molecule has 138 valence electrons. The average Bonchev–Trinajstić information content (AvgIpc) is 2.70. The Morgan fingerprint density at radius 3 is 2.63 bits per heavy atom. The Hall–Kier alpha value is -3.13. The van der Waals surface area contributed by atoms with E-state index in [-0.39, 0.29) is 5.56 Å². The van der Waals surface area contributed by atoms with Gasteiger partial charge in [-0.05, 0) is 36.4 Å². The first-order valence-electron chi connectivity index (χ1n) is 8.12. The van der Waals surface area contributed by atoms with Gasteiger partial charge in [0.15, 0.2) is 5.16 Å². The molecule has 2 heterocycles. The third kappa shape index (κ3) is 4.53. The van der Waals surface area contributed by atoms with E-state index in [4.69, 9.17) is 4.74 Å². The fraction of sp³-hybridized carbons (Fsp3) is 0.158. The number of hydrogen-bond donors (Lipinski definition) is 1.